The standard InChI is InChI=1S/C14H25N3O2/c1-3-19-10-9-17(2)8-4-7-16-14-11-12(18)5-6-13(14)15/h5-6,11,16,18H,3-4,7-10,15H2,1-2H3. The molecule has 0 atom stereocenters. The van der Waals surface area contributed by atoms with Gasteiger partial charge in [-0.2, -0.15) is 0 Å². The van der Waals surface area contributed by atoms with E-state index in [1.165, 1.54) is 0 Å². The fourth-order valence-corrected chi connectivity index (χ4v) is 1.75. The molecule has 0 amide bonds. The van der Waals surface area contributed by atoms with E-state index in [-0.39, 0.29) is 5.75 Å². The number of hydrogen-bond donors (Lipinski definition) is 3. The molecule has 0 aliphatic heterocycles. The minimum Gasteiger partial charge on any atom is -0.508 e. The lowest BCUT2D eigenvalue weighted by Crippen LogP contribution is -2.25. The number of likely N-dealkylation sites (N-methyl/N-ethyl adjacent to an activating group) is 1. The summed E-state index contributed by atoms with van der Waals surface area (Å²) in [6, 6.07) is 4.93. The Morgan fingerprint density at radius 2 is 2.16 bits per heavy atom. The number of benzene rings is 1. The van der Waals surface area contributed by atoms with Gasteiger partial charge in [-0.3, -0.25) is 0 Å². The second-order valence-corrected chi connectivity index (χ2v) is 4.55. The molecule has 5 heteroatoms. The number of nitrogen functional groups attached to an aromatic ring is 1. The molecule has 108 valence electrons. The Bertz CT molecular complexity index is 372. The molecule has 1 aromatic carbocycles. The number of nitrogens with zero attached hydrogens (tertiary/aromatic N) is 1. The number of phenolic OH excluding ortho intramolecular Hbond substituents is 1. The molecule has 0 fully saturated rings. The monoisotopic (exact) mass is 267 g/mol. The number of nitrogens with two attached hydrogens (primary N) is 1. The van der Waals surface area contributed by atoms with Gasteiger partial charge >= 0.3 is 0 Å². The molecule has 1 rings (SSSR count). The number of phenols is 1. The number of ether oxygens (including phenoxy) is 1. The van der Waals surface area contributed by atoms with Crippen LogP contribution >= 0.6 is 0 Å². The van der Waals surface area contributed by atoms with E-state index in [0.29, 0.717) is 5.69 Å². The van der Waals surface area contributed by atoms with Gasteiger partial charge < -0.3 is 25.8 Å². The van der Waals surface area contributed by atoms with Gasteiger partial charge in [-0.25, -0.2) is 0 Å². The molecular formula is C14H25N3O2. The van der Waals surface area contributed by atoms with Crippen LogP contribution in [-0.4, -0.2) is 49.9 Å². The summed E-state index contributed by atoms with van der Waals surface area (Å²) in [5.74, 6) is 0.227. The Morgan fingerprint density at radius 3 is 2.89 bits per heavy atom. The lowest BCUT2D eigenvalue weighted by Gasteiger charge is -2.17. The van der Waals surface area contributed by atoms with E-state index in [9.17, 15) is 5.11 Å². The molecule has 0 bridgehead atoms. The van der Waals surface area contributed by atoms with Crippen LogP contribution in [0.15, 0.2) is 18.2 Å². The molecule has 0 saturated carbocycles. The first-order valence-corrected chi connectivity index (χ1v) is 6.72. The van der Waals surface area contributed by atoms with E-state index in [1.54, 1.807) is 18.2 Å². The molecule has 0 radical (unpaired) electrons. The maximum Gasteiger partial charge on any atom is 0.117 e. The Morgan fingerprint density at radius 1 is 1.37 bits per heavy atom. The molecule has 0 saturated heterocycles. The van der Waals surface area contributed by atoms with Gasteiger partial charge in [-0.15, -0.1) is 0 Å². The molecule has 0 heterocycles. The van der Waals surface area contributed by atoms with Crippen molar-refractivity contribution in [2.24, 2.45) is 0 Å². The molecule has 0 aliphatic rings. The van der Waals surface area contributed by atoms with Gasteiger partial charge in [0.15, 0.2) is 0 Å². The average Bonchev–Trinajstić information content (AvgIpc) is 2.39. The summed E-state index contributed by atoms with van der Waals surface area (Å²) >= 11 is 0. The third kappa shape index (κ3) is 6.31. The van der Waals surface area contributed by atoms with Crippen LogP contribution in [0.3, 0.4) is 0 Å². The van der Waals surface area contributed by atoms with Crippen molar-refractivity contribution in [1.29, 1.82) is 0 Å². The second kappa shape index (κ2) is 8.61. The van der Waals surface area contributed by atoms with Crippen LogP contribution in [0.25, 0.3) is 0 Å². The van der Waals surface area contributed by atoms with Crippen molar-refractivity contribution < 1.29 is 9.84 Å². The van der Waals surface area contributed by atoms with Crippen molar-refractivity contribution in [3.63, 3.8) is 0 Å². The molecular weight excluding hydrogens is 242 g/mol. The topological polar surface area (TPSA) is 70.8 Å². The second-order valence-electron chi connectivity index (χ2n) is 4.55. The van der Waals surface area contributed by atoms with E-state index >= 15 is 0 Å². The highest BCUT2D eigenvalue weighted by atomic mass is 16.5. The quantitative estimate of drug-likeness (QED) is 0.361. The van der Waals surface area contributed by atoms with Crippen LogP contribution < -0.4 is 11.1 Å². The Hall–Kier alpha value is -1.46. The normalized spacial score (nSPS) is 10.9. The van der Waals surface area contributed by atoms with Gasteiger partial charge in [0.2, 0.25) is 0 Å². The molecule has 0 aromatic heterocycles. The van der Waals surface area contributed by atoms with Crippen molar-refractivity contribution >= 4 is 11.4 Å². The van der Waals surface area contributed by atoms with E-state index in [0.717, 1.165) is 45.0 Å². The van der Waals surface area contributed by atoms with E-state index in [2.05, 4.69) is 17.3 Å². The number of rotatable bonds is 9. The fraction of sp³-hybridized carbons (Fsp3) is 0.571. The SMILES string of the molecule is CCOCCN(C)CCCNc1cc(O)ccc1N. The third-order valence-corrected chi connectivity index (χ3v) is 2.89. The molecule has 5 nitrogen and oxygen atoms in total. The van der Waals surface area contributed by atoms with Crippen molar-refractivity contribution in [3.05, 3.63) is 18.2 Å². The Kier molecular flexibility index (Phi) is 7.07. The summed E-state index contributed by atoms with van der Waals surface area (Å²) in [4.78, 5) is 2.24. The van der Waals surface area contributed by atoms with Crippen molar-refractivity contribution in [2.75, 3.05) is 50.9 Å². The number of aromatic hydroxyl groups is 1. The van der Waals surface area contributed by atoms with Gasteiger partial charge in [0.1, 0.15) is 5.75 Å². The van der Waals surface area contributed by atoms with Crippen molar-refractivity contribution in [2.45, 2.75) is 13.3 Å². The van der Waals surface area contributed by atoms with Gasteiger partial charge in [-0.05, 0) is 39.1 Å². The largest absolute Gasteiger partial charge is 0.508 e. The van der Waals surface area contributed by atoms with Crippen LogP contribution in [0.5, 0.6) is 5.75 Å². The summed E-state index contributed by atoms with van der Waals surface area (Å²) in [7, 11) is 2.09. The summed E-state index contributed by atoms with van der Waals surface area (Å²) in [5, 5.41) is 12.6. The molecule has 0 unspecified atom stereocenters. The van der Waals surface area contributed by atoms with Gasteiger partial charge in [0.05, 0.1) is 18.0 Å². The van der Waals surface area contributed by atoms with E-state index in [4.69, 9.17) is 10.5 Å². The highest BCUT2D eigenvalue weighted by Crippen LogP contribution is 2.23. The van der Waals surface area contributed by atoms with Crippen LogP contribution in [-0.2, 0) is 4.74 Å². The zero-order chi connectivity index (χ0) is 14.1. The molecule has 1 aromatic rings. The lowest BCUT2D eigenvalue weighted by molar-refractivity contribution is 0.122. The highest BCUT2D eigenvalue weighted by Gasteiger charge is 2.01. The Balaban J connectivity index is 2.18. The number of anilines is 2. The van der Waals surface area contributed by atoms with Gasteiger partial charge in [0, 0.05) is 25.8 Å². The summed E-state index contributed by atoms with van der Waals surface area (Å²) < 4.78 is 5.31. The minimum absolute atomic E-state index is 0.227. The average molecular weight is 267 g/mol. The minimum atomic E-state index is 0.227. The number of hydrogen-bond acceptors (Lipinski definition) is 5. The van der Waals surface area contributed by atoms with Crippen molar-refractivity contribution in [1.82, 2.24) is 4.90 Å². The Labute approximate surface area is 115 Å². The lowest BCUT2D eigenvalue weighted by atomic mass is 10.2. The first kappa shape index (κ1) is 15.6. The summed E-state index contributed by atoms with van der Waals surface area (Å²) in [5.41, 5.74) is 7.26. The zero-order valence-corrected chi connectivity index (χ0v) is 11.9. The van der Waals surface area contributed by atoms with Crippen LogP contribution in [0.4, 0.5) is 11.4 Å². The third-order valence-electron chi connectivity index (χ3n) is 2.89. The van der Waals surface area contributed by atoms with E-state index in [1.807, 2.05) is 6.92 Å². The predicted octanol–water partition coefficient (Wildman–Crippen LogP) is 1.74. The maximum absolute atomic E-state index is 9.39. The maximum atomic E-state index is 9.39. The number of nitrogens with one attached hydrogen (secondary N) is 1. The molecule has 19 heavy (non-hydrogen) atoms. The smallest absolute Gasteiger partial charge is 0.117 e. The van der Waals surface area contributed by atoms with Gasteiger partial charge in [0.25, 0.3) is 0 Å². The predicted molar refractivity (Wildman–Crippen MR) is 79.6 cm³/mol. The molecule has 0 aliphatic carbocycles. The van der Waals surface area contributed by atoms with E-state index < -0.39 is 0 Å². The zero-order valence-electron chi connectivity index (χ0n) is 11.9. The first-order valence-electron chi connectivity index (χ1n) is 6.72. The summed E-state index contributed by atoms with van der Waals surface area (Å²) in [6.07, 6.45) is 1.01. The van der Waals surface area contributed by atoms with Crippen LogP contribution in [0.1, 0.15) is 13.3 Å². The fourth-order valence-electron chi connectivity index (χ4n) is 1.75. The summed E-state index contributed by atoms with van der Waals surface area (Å²) in [6.45, 7) is 6.32. The van der Waals surface area contributed by atoms with Gasteiger partial charge in [-0.1, -0.05) is 0 Å². The van der Waals surface area contributed by atoms with Crippen LogP contribution in [0, 0.1) is 0 Å². The highest BCUT2D eigenvalue weighted by molar-refractivity contribution is 5.67. The molecule has 0 spiro atoms. The molecule has 4 N–H and O–H groups in total. The van der Waals surface area contributed by atoms with Crippen molar-refractivity contribution in [3.8, 4) is 5.75 Å². The van der Waals surface area contributed by atoms with Crippen LogP contribution in [0.2, 0.25) is 0 Å². The first-order chi connectivity index (χ1) is 9.13.